The van der Waals surface area contributed by atoms with Crippen molar-refractivity contribution in [2.75, 3.05) is 0 Å². The van der Waals surface area contributed by atoms with Crippen LogP contribution in [0.25, 0.3) is 0 Å². The first-order valence-corrected chi connectivity index (χ1v) is 5.30. The number of hydrogen-bond donors (Lipinski definition) is 1. The summed E-state index contributed by atoms with van der Waals surface area (Å²) in [6.07, 6.45) is 5.31. The molecule has 1 fully saturated rings. The predicted octanol–water partition coefficient (Wildman–Crippen LogP) is 1.62. The Morgan fingerprint density at radius 1 is 1.53 bits per heavy atom. The average Bonchev–Trinajstić information content (AvgIpc) is 2.72. The Morgan fingerprint density at radius 2 is 2.13 bits per heavy atom. The van der Waals surface area contributed by atoms with Crippen molar-refractivity contribution in [1.29, 1.82) is 0 Å². The van der Waals surface area contributed by atoms with Crippen molar-refractivity contribution < 1.29 is 9.90 Å². The lowest BCUT2D eigenvalue weighted by Crippen LogP contribution is -2.33. The van der Waals surface area contributed by atoms with Crippen LogP contribution < -0.4 is 0 Å². The minimum Gasteiger partial charge on any atom is -0.481 e. The first-order valence-electron chi connectivity index (χ1n) is 5.30. The van der Waals surface area contributed by atoms with Gasteiger partial charge in [-0.25, -0.2) is 0 Å². The van der Waals surface area contributed by atoms with Crippen molar-refractivity contribution >= 4 is 5.97 Å². The highest BCUT2D eigenvalue weighted by molar-refractivity contribution is 5.81. The molecule has 0 amide bonds. The molecule has 1 aliphatic rings. The fraction of sp³-hybridized carbons (Fsp3) is 0.636. The molecular formula is C11H16N2O2. The summed E-state index contributed by atoms with van der Waals surface area (Å²) in [5, 5.41) is 13.7. The predicted molar refractivity (Wildman–Crippen MR) is 55.7 cm³/mol. The van der Waals surface area contributed by atoms with Crippen molar-refractivity contribution in [1.82, 2.24) is 9.78 Å². The molecule has 4 heteroatoms. The van der Waals surface area contributed by atoms with Gasteiger partial charge in [-0.2, -0.15) is 5.10 Å². The van der Waals surface area contributed by atoms with Gasteiger partial charge >= 0.3 is 5.97 Å². The normalized spacial score (nSPS) is 19.3. The van der Waals surface area contributed by atoms with Gasteiger partial charge < -0.3 is 5.11 Å². The molecule has 0 bridgehead atoms. The zero-order valence-corrected chi connectivity index (χ0v) is 9.16. The van der Waals surface area contributed by atoms with Gasteiger partial charge in [0.2, 0.25) is 0 Å². The molecule has 0 aliphatic heterocycles. The molecule has 0 radical (unpaired) electrons. The van der Waals surface area contributed by atoms with Crippen LogP contribution in [0.3, 0.4) is 0 Å². The molecule has 2 rings (SSSR count). The van der Waals surface area contributed by atoms with E-state index in [2.05, 4.69) is 5.10 Å². The minimum atomic E-state index is -0.721. The summed E-state index contributed by atoms with van der Waals surface area (Å²) >= 11 is 0. The van der Waals surface area contributed by atoms with E-state index in [-0.39, 0.29) is 0 Å². The lowest BCUT2D eigenvalue weighted by Gasteiger charge is -2.22. The highest BCUT2D eigenvalue weighted by atomic mass is 16.4. The Bertz CT molecular complexity index is 389. The molecular weight excluding hydrogens is 192 g/mol. The van der Waals surface area contributed by atoms with Gasteiger partial charge in [-0.15, -0.1) is 0 Å². The van der Waals surface area contributed by atoms with Crippen LogP contribution in [0.5, 0.6) is 0 Å². The number of rotatable bonds is 2. The third-order valence-corrected chi connectivity index (χ3v) is 3.33. The fourth-order valence-corrected chi connectivity index (χ4v) is 2.61. The Hall–Kier alpha value is -1.32. The van der Waals surface area contributed by atoms with Gasteiger partial charge in [0.15, 0.2) is 0 Å². The Labute approximate surface area is 88.9 Å². The van der Waals surface area contributed by atoms with Gasteiger partial charge in [-0.05, 0) is 25.3 Å². The molecule has 1 aromatic heterocycles. The molecule has 82 valence electrons. The summed E-state index contributed by atoms with van der Waals surface area (Å²) < 4.78 is 1.70. The summed E-state index contributed by atoms with van der Waals surface area (Å²) in [4.78, 5) is 11.4. The summed E-state index contributed by atoms with van der Waals surface area (Å²) in [6, 6.07) is 0. The van der Waals surface area contributed by atoms with Crippen LogP contribution >= 0.6 is 0 Å². The molecule has 4 nitrogen and oxygen atoms in total. The number of aryl methyl sites for hydroxylation is 2. The Balaban J connectivity index is 2.49. The SMILES string of the molecule is Cc1cn(C)nc1C1(C(=O)O)CCCC1. The van der Waals surface area contributed by atoms with E-state index in [0.717, 1.165) is 36.9 Å². The highest BCUT2D eigenvalue weighted by Crippen LogP contribution is 2.41. The average molecular weight is 208 g/mol. The van der Waals surface area contributed by atoms with Gasteiger partial charge in [0.25, 0.3) is 0 Å². The van der Waals surface area contributed by atoms with Crippen molar-refractivity contribution in [3.8, 4) is 0 Å². The van der Waals surface area contributed by atoms with Gasteiger partial charge in [0.05, 0.1) is 5.69 Å². The van der Waals surface area contributed by atoms with Crippen LogP contribution in [0.1, 0.15) is 36.9 Å². The number of carbonyl (C=O) groups is 1. The van der Waals surface area contributed by atoms with E-state index < -0.39 is 11.4 Å². The molecule has 0 atom stereocenters. The summed E-state index contributed by atoms with van der Waals surface area (Å²) in [5.74, 6) is -0.721. The smallest absolute Gasteiger partial charge is 0.315 e. The lowest BCUT2D eigenvalue weighted by molar-refractivity contribution is -0.143. The highest BCUT2D eigenvalue weighted by Gasteiger charge is 2.45. The first kappa shape index (κ1) is 10.2. The van der Waals surface area contributed by atoms with Gasteiger partial charge in [-0.3, -0.25) is 9.48 Å². The zero-order valence-electron chi connectivity index (χ0n) is 9.16. The summed E-state index contributed by atoms with van der Waals surface area (Å²) in [6.45, 7) is 1.94. The summed E-state index contributed by atoms with van der Waals surface area (Å²) in [5.41, 5.74) is 1.03. The topological polar surface area (TPSA) is 55.1 Å². The lowest BCUT2D eigenvalue weighted by atomic mass is 9.81. The van der Waals surface area contributed by atoms with Crippen molar-refractivity contribution in [3.63, 3.8) is 0 Å². The molecule has 0 spiro atoms. The van der Waals surface area contributed by atoms with E-state index in [1.165, 1.54) is 0 Å². The van der Waals surface area contributed by atoms with E-state index >= 15 is 0 Å². The van der Waals surface area contributed by atoms with Gasteiger partial charge in [0, 0.05) is 13.2 Å². The largest absolute Gasteiger partial charge is 0.481 e. The third kappa shape index (κ3) is 1.44. The number of carboxylic acids is 1. The maximum absolute atomic E-state index is 11.4. The monoisotopic (exact) mass is 208 g/mol. The van der Waals surface area contributed by atoms with Crippen molar-refractivity contribution in [2.24, 2.45) is 7.05 Å². The van der Waals surface area contributed by atoms with E-state index in [9.17, 15) is 9.90 Å². The second kappa shape index (κ2) is 3.36. The van der Waals surface area contributed by atoms with Crippen LogP contribution in [-0.4, -0.2) is 20.9 Å². The van der Waals surface area contributed by atoms with Crippen LogP contribution in [0.4, 0.5) is 0 Å². The minimum absolute atomic E-state index is 0.717. The Kier molecular flexibility index (Phi) is 2.29. The quantitative estimate of drug-likeness (QED) is 0.803. The van der Waals surface area contributed by atoms with E-state index in [1.54, 1.807) is 4.68 Å². The molecule has 1 N–H and O–H groups in total. The molecule has 15 heavy (non-hydrogen) atoms. The van der Waals surface area contributed by atoms with Crippen LogP contribution in [0.2, 0.25) is 0 Å². The maximum Gasteiger partial charge on any atom is 0.315 e. The molecule has 0 saturated heterocycles. The number of carboxylic acid groups (broad SMARTS) is 1. The fourth-order valence-electron chi connectivity index (χ4n) is 2.61. The molecule has 1 heterocycles. The van der Waals surface area contributed by atoms with Gasteiger partial charge in [0.1, 0.15) is 5.41 Å². The number of nitrogens with zero attached hydrogens (tertiary/aromatic N) is 2. The van der Waals surface area contributed by atoms with Crippen molar-refractivity contribution in [2.45, 2.75) is 38.0 Å². The molecule has 1 saturated carbocycles. The number of hydrogen-bond acceptors (Lipinski definition) is 2. The van der Waals surface area contributed by atoms with Crippen LogP contribution in [0, 0.1) is 6.92 Å². The number of aromatic nitrogens is 2. The first-order chi connectivity index (χ1) is 7.06. The molecule has 1 aromatic rings. The van der Waals surface area contributed by atoms with E-state index in [0.29, 0.717) is 0 Å². The van der Waals surface area contributed by atoms with Crippen LogP contribution in [-0.2, 0) is 17.3 Å². The number of aliphatic carboxylic acids is 1. The second-order valence-electron chi connectivity index (χ2n) is 4.43. The third-order valence-electron chi connectivity index (χ3n) is 3.33. The maximum atomic E-state index is 11.4. The molecule has 1 aliphatic carbocycles. The Morgan fingerprint density at radius 3 is 2.53 bits per heavy atom. The standard InChI is InChI=1S/C11H16N2O2/c1-8-7-13(2)12-9(8)11(10(14)15)5-3-4-6-11/h7H,3-6H2,1-2H3,(H,14,15). The molecule has 0 unspecified atom stereocenters. The van der Waals surface area contributed by atoms with Gasteiger partial charge in [-0.1, -0.05) is 12.8 Å². The van der Waals surface area contributed by atoms with E-state index in [1.807, 2.05) is 20.2 Å². The van der Waals surface area contributed by atoms with Crippen LogP contribution in [0.15, 0.2) is 6.20 Å². The zero-order chi connectivity index (χ0) is 11.1. The molecule has 0 aromatic carbocycles. The van der Waals surface area contributed by atoms with E-state index in [4.69, 9.17) is 0 Å². The summed E-state index contributed by atoms with van der Waals surface area (Å²) in [7, 11) is 1.83. The van der Waals surface area contributed by atoms with Crippen molar-refractivity contribution in [3.05, 3.63) is 17.5 Å². The second-order valence-corrected chi connectivity index (χ2v) is 4.43.